The number of methoxy groups -OCH3 is 1. The molecule has 0 unspecified atom stereocenters. The van der Waals surface area contributed by atoms with E-state index >= 15 is 0 Å². The molecule has 1 amide bonds. The number of hydrogen-bond donors (Lipinski definition) is 3. The van der Waals surface area contributed by atoms with Gasteiger partial charge in [0.25, 0.3) is 0 Å². The molecule has 0 saturated carbocycles. The normalized spacial score (nSPS) is 18.2. The van der Waals surface area contributed by atoms with Gasteiger partial charge in [0.2, 0.25) is 12.2 Å². The van der Waals surface area contributed by atoms with E-state index in [2.05, 4.69) is 0 Å². The molecule has 0 aliphatic rings. The monoisotopic (exact) mass is 482 g/mol. The summed E-state index contributed by atoms with van der Waals surface area (Å²) in [7, 11) is 3.16. The van der Waals surface area contributed by atoms with E-state index in [1.165, 1.54) is 17.2 Å². The molecule has 34 heavy (non-hydrogen) atoms. The lowest BCUT2D eigenvalue weighted by Crippen LogP contribution is -2.42. The van der Waals surface area contributed by atoms with Gasteiger partial charge < -0.3 is 34.7 Å². The van der Waals surface area contributed by atoms with Crippen LogP contribution in [0.5, 0.6) is 0 Å². The number of hydrogen-bond acceptors (Lipinski definition) is 8. The van der Waals surface area contributed by atoms with Crippen LogP contribution in [0.4, 0.5) is 0 Å². The number of nitrogens with zero attached hydrogens (tertiary/aromatic N) is 1. The van der Waals surface area contributed by atoms with Crippen LogP contribution in [0.3, 0.4) is 0 Å². The van der Waals surface area contributed by atoms with Gasteiger partial charge in [-0.25, -0.2) is 4.79 Å². The first kappa shape index (κ1) is 29.8. The number of carbonyl (C=O) groups is 2. The SMILES string of the molecule is CO[C@@H](C[C@H](O)C(C)C)[C@@H](N)CC[C@@H](OC(=O)c1ccco1)[C@H](C)[C@H](O)[C@H](C)/C=C/N(C)C=O. The summed E-state index contributed by atoms with van der Waals surface area (Å²) < 4.78 is 16.4. The predicted octanol–water partition coefficient (Wildman–Crippen LogP) is 2.57. The highest BCUT2D eigenvalue weighted by Crippen LogP contribution is 2.26. The van der Waals surface area contributed by atoms with Crippen LogP contribution in [0.25, 0.3) is 0 Å². The van der Waals surface area contributed by atoms with E-state index in [-0.39, 0.29) is 23.7 Å². The van der Waals surface area contributed by atoms with Crippen LogP contribution in [0, 0.1) is 17.8 Å². The fraction of sp³-hybridized carbons (Fsp3) is 0.680. The molecule has 0 fully saturated rings. The Bertz CT molecular complexity index is 738. The summed E-state index contributed by atoms with van der Waals surface area (Å²) in [6.07, 6.45) is 4.20. The van der Waals surface area contributed by atoms with Crippen molar-refractivity contribution in [3.63, 3.8) is 0 Å². The Morgan fingerprint density at radius 1 is 1.21 bits per heavy atom. The van der Waals surface area contributed by atoms with Crippen LogP contribution in [-0.4, -0.2) is 72.1 Å². The third-order valence-electron chi connectivity index (χ3n) is 6.24. The van der Waals surface area contributed by atoms with Gasteiger partial charge in [0.15, 0.2) is 0 Å². The van der Waals surface area contributed by atoms with Gasteiger partial charge in [-0.2, -0.15) is 0 Å². The van der Waals surface area contributed by atoms with Crippen molar-refractivity contribution in [2.24, 2.45) is 23.5 Å². The van der Waals surface area contributed by atoms with Crippen molar-refractivity contribution in [1.29, 1.82) is 0 Å². The number of aliphatic hydroxyl groups excluding tert-OH is 2. The summed E-state index contributed by atoms with van der Waals surface area (Å²) in [6.45, 7) is 7.49. The maximum absolute atomic E-state index is 12.6. The minimum Gasteiger partial charge on any atom is -0.457 e. The van der Waals surface area contributed by atoms with Crippen molar-refractivity contribution in [1.82, 2.24) is 4.90 Å². The zero-order valence-corrected chi connectivity index (χ0v) is 21.2. The van der Waals surface area contributed by atoms with Gasteiger partial charge in [0.1, 0.15) is 6.10 Å². The maximum atomic E-state index is 12.6. The maximum Gasteiger partial charge on any atom is 0.374 e. The predicted molar refractivity (Wildman–Crippen MR) is 129 cm³/mol. The first-order valence-corrected chi connectivity index (χ1v) is 11.8. The topological polar surface area (TPSA) is 135 Å². The summed E-state index contributed by atoms with van der Waals surface area (Å²) in [6, 6.07) is 2.71. The zero-order chi connectivity index (χ0) is 25.8. The average Bonchev–Trinajstić information content (AvgIpc) is 3.36. The number of rotatable bonds is 16. The third kappa shape index (κ3) is 9.58. The molecule has 9 heteroatoms. The van der Waals surface area contributed by atoms with E-state index in [4.69, 9.17) is 19.6 Å². The fourth-order valence-electron chi connectivity index (χ4n) is 3.64. The van der Waals surface area contributed by atoms with Crippen LogP contribution < -0.4 is 5.73 Å². The molecule has 0 bridgehead atoms. The van der Waals surface area contributed by atoms with Crippen LogP contribution in [0.1, 0.15) is 57.5 Å². The average molecular weight is 483 g/mol. The van der Waals surface area contributed by atoms with Crippen LogP contribution in [-0.2, 0) is 14.3 Å². The molecule has 1 aromatic heterocycles. The molecular formula is C25H42N2O7. The van der Waals surface area contributed by atoms with Crippen molar-refractivity contribution in [2.75, 3.05) is 14.2 Å². The minimum absolute atomic E-state index is 0.0753. The molecule has 0 spiro atoms. The number of amides is 1. The first-order chi connectivity index (χ1) is 16.0. The quantitative estimate of drug-likeness (QED) is 0.242. The largest absolute Gasteiger partial charge is 0.457 e. The Labute approximate surface area is 202 Å². The Balaban J connectivity index is 2.93. The first-order valence-electron chi connectivity index (χ1n) is 11.8. The molecule has 0 saturated heterocycles. The molecule has 1 heterocycles. The number of esters is 1. The van der Waals surface area contributed by atoms with Crippen molar-refractivity contribution in [2.45, 2.75) is 77.4 Å². The van der Waals surface area contributed by atoms with Gasteiger partial charge in [-0.3, -0.25) is 4.79 Å². The van der Waals surface area contributed by atoms with Gasteiger partial charge in [0.05, 0.1) is 24.6 Å². The van der Waals surface area contributed by atoms with Gasteiger partial charge in [-0.1, -0.05) is 33.8 Å². The van der Waals surface area contributed by atoms with Gasteiger partial charge in [-0.15, -0.1) is 0 Å². The highest BCUT2D eigenvalue weighted by atomic mass is 16.6. The fourth-order valence-corrected chi connectivity index (χ4v) is 3.64. The van der Waals surface area contributed by atoms with Crippen molar-refractivity contribution in [3.8, 4) is 0 Å². The second-order valence-corrected chi connectivity index (χ2v) is 9.30. The molecule has 0 aliphatic heterocycles. The van der Waals surface area contributed by atoms with E-state index < -0.39 is 36.2 Å². The molecule has 9 nitrogen and oxygen atoms in total. The molecule has 0 aliphatic carbocycles. The Hall–Kier alpha value is -2.20. The lowest BCUT2D eigenvalue weighted by atomic mass is 9.86. The summed E-state index contributed by atoms with van der Waals surface area (Å²) >= 11 is 0. The number of carbonyl (C=O) groups excluding carboxylic acids is 2. The zero-order valence-electron chi connectivity index (χ0n) is 21.2. The number of ether oxygens (including phenoxy) is 2. The van der Waals surface area contributed by atoms with E-state index in [0.29, 0.717) is 25.7 Å². The highest BCUT2D eigenvalue weighted by Gasteiger charge is 2.32. The molecule has 7 atom stereocenters. The van der Waals surface area contributed by atoms with Crippen LogP contribution in [0.2, 0.25) is 0 Å². The minimum atomic E-state index is -0.845. The smallest absolute Gasteiger partial charge is 0.374 e. The van der Waals surface area contributed by atoms with E-state index in [1.54, 1.807) is 39.4 Å². The lowest BCUT2D eigenvalue weighted by molar-refractivity contribution is -0.115. The van der Waals surface area contributed by atoms with Gasteiger partial charge in [-0.05, 0) is 30.9 Å². The molecule has 4 N–H and O–H groups in total. The van der Waals surface area contributed by atoms with E-state index in [9.17, 15) is 19.8 Å². The standard InChI is InChI=1S/C25H42N2O7/c1-16(2)20(29)14-23(32-6)19(26)9-10-21(34-25(31)22-8-7-13-33-22)18(4)24(30)17(3)11-12-27(5)15-28/h7-8,11-13,15-21,23-24,29-30H,9-10,14,26H2,1-6H3/b12-11+/t17-,18+,19+,20+,21-,23+,24-/m1/s1. The Morgan fingerprint density at radius 3 is 2.41 bits per heavy atom. The molecule has 0 aromatic carbocycles. The molecule has 0 radical (unpaired) electrons. The highest BCUT2D eigenvalue weighted by molar-refractivity contribution is 5.86. The summed E-state index contributed by atoms with van der Waals surface area (Å²) in [5.74, 6) is -1.20. The number of nitrogens with two attached hydrogens (primary N) is 1. The molecule has 1 aromatic rings. The Morgan fingerprint density at radius 2 is 1.88 bits per heavy atom. The van der Waals surface area contributed by atoms with Gasteiger partial charge >= 0.3 is 5.97 Å². The summed E-state index contributed by atoms with van der Waals surface area (Å²) in [5.41, 5.74) is 6.38. The van der Waals surface area contributed by atoms with Crippen molar-refractivity contribution < 1.29 is 33.7 Å². The summed E-state index contributed by atoms with van der Waals surface area (Å²) in [4.78, 5) is 24.7. The van der Waals surface area contributed by atoms with Crippen molar-refractivity contribution in [3.05, 3.63) is 36.4 Å². The Kier molecular flexibility index (Phi) is 13.1. The molecule has 1 rings (SSSR count). The molecule has 194 valence electrons. The van der Waals surface area contributed by atoms with E-state index in [1.807, 2.05) is 20.8 Å². The van der Waals surface area contributed by atoms with E-state index in [0.717, 1.165) is 0 Å². The summed E-state index contributed by atoms with van der Waals surface area (Å²) in [5, 5.41) is 21.2. The second kappa shape index (κ2) is 14.9. The lowest BCUT2D eigenvalue weighted by Gasteiger charge is -2.32. The van der Waals surface area contributed by atoms with Crippen LogP contribution >= 0.6 is 0 Å². The van der Waals surface area contributed by atoms with Crippen molar-refractivity contribution >= 4 is 12.4 Å². The van der Waals surface area contributed by atoms with Crippen LogP contribution in [0.15, 0.2) is 35.1 Å². The third-order valence-corrected chi connectivity index (χ3v) is 6.24. The number of aliphatic hydroxyl groups is 2. The number of furan rings is 1. The molecular weight excluding hydrogens is 440 g/mol. The van der Waals surface area contributed by atoms with Gasteiger partial charge in [0, 0.05) is 44.7 Å². The second-order valence-electron chi connectivity index (χ2n) is 9.30.